The van der Waals surface area contributed by atoms with Crippen molar-refractivity contribution >= 4 is 47.2 Å². The summed E-state index contributed by atoms with van der Waals surface area (Å²) in [6, 6.07) is 2.85. The van der Waals surface area contributed by atoms with E-state index in [4.69, 9.17) is 5.73 Å². The van der Waals surface area contributed by atoms with Gasteiger partial charge in [-0.1, -0.05) is 32.0 Å². The molecule has 1 heterocycles. The zero-order valence-corrected chi connectivity index (χ0v) is 20.5. The average Bonchev–Trinajstić information content (AvgIpc) is 3.23. The Labute approximate surface area is 208 Å². The maximum atomic E-state index is 13.3. The van der Waals surface area contributed by atoms with Gasteiger partial charge in [0.25, 0.3) is 0 Å². The number of carbonyl (C=O) groups excluding carboxylic acids is 3. The van der Waals surface area contributed by atoms with E-state index in [9.17, 15) is 29.4 Å². The Kier molecular flexibility index (Phi) is 10.6. The molecule has 35 heavy (non-hydrogen) atoms. The molecule has 0 fully saturated rings. The molecule has 11 nitrogen and oxygen atoms in total. The Balaban J connectivity index is 2.28. The SMILES string of the molecule is CC(C)CC(NC(=O)C(Cc1c[nH]c2ccccc12)NC(=O)C(N)CO)C(=O)NC(CS)C(=O)O. The molecule has 0 saturated carbocycles. The van der Waals surface area contributed by atoms with Crippen LogP contribution in [0.4, 0.5) is 0 Å². The van der Waals surface area contributed by atoms with Crippen molar-refractivity contribution < 1.29 is 29.4 Å². The second-order valence-corrected chi connectivity index (χ2v) is 9.05. The largest absolute Gasteiger partial charge is 0.480 e. The molecular formula is C23H33N5O6S. The maximum Gasteiger partial charge on any atom is 0.327 e. The van der Waals surface area contributed by atoms with E-state index in [1.165, 1.54) is 0 Å². The molecule has 2 rings (SSSR count). The molecule has 0 radical (unpaired) electrons. The third kappa shape index (κ3) is 7.98. The highest BCUT2D eigenvalue weighted by Gasteiger charge is 2.31. The van der Waals surface area contributed by atoms with Crippen LogP contribution in [0.5, 0.6) is 0 Å². The fourth-order valence-corrected chi connectivity index (χ4v) is 3.77. The van der Waals surface area contributed by atoms with Gasteiger partial charge in [0.15, 0.2) is 0 Å². The van der Waals surface area contributed by atoms with Crippen LogP contribution >= 0.6 is 12.6 Å². The summed E-state index contributed by atoms with van der Waals surface area (Å²) in [6.07, 6.45) is 2.05. The first-order valence-electron chi connectivity index (χ1n) is 11.2. The van der Waals surface area contributed by atoms with E-state index in [1.54, 1.807) is 6.20 Å². The van der Waals surface area contributed by atoms with Crippen molar-refractivity contribution in [2.24, 2.45) is 11.7 Å². The molecule has 2 aromatic rings. The molecule has 4 unspecified atom stereocenters. The standard InChI is InChI=1S/C23H33N5O6S/c1-12(2)7-17(21(31)28-19(11-35)23(33)34)27-22(32)18(26-20(30)15(24)10-29)8-13-9-25-16-6-4-3-5-14(13)16/h3-6,9,12,15,17-19,25,29,35H,7-8,10-11,24H2,1-2H3,(H,26,30)(H,27,32)(H,28,31)(H,33,34). The van der Waals surface area contributed by atoms with Crippen molar-refractivity contribution in [3.8, 4) is 0 Å². The lowest BCUT2D eigenvalue weighted by Crippen LogP contribution is -2.58. The van der Waals surface area contributed by atoms with Crippen molar-refractivity contribution in [1.82, 2.24) is 20.9 Å². The van der Waals surface area contributed by atoms with E-state index in [-0.39, 0.29) is 24.5 Å². The quantitative estimate of drug-likeness (QED) is 0.169. The van der Waals surface area contributed by atoms with E-state index in [2.05, 4.69) is 33.6 Å². The Morgan fingerprint density at radius 3 is 2.20 bits per heavy atom. The van der Waals surface area contributed by atoms with E-state index >= 15 is 0 Å². The summed E-state index contributed by atoms with van der Waals surface area (Å²) in [4.78, 5) is 52.9. The van der Waals surface area contributed by atoms with E-state index in [0.29, 0.717) is 0 Å². The predicted octanol–water partition coefficient (Wildman–Crippen LogP) is -0.455. The number of nitrogens with one attached hydrogen (secondary N) is 4. The van der Waals surface area contributed by atoms with Crippen LogP contribution < -0.4 is 21.7 Å². The van der Waals surface area contributed by atoms with Gasteiger partial charge in [-0.2, -0.15) is 12.6 Å². The van der Waals surface area contributed by atoms with Gasteiger partial charge >= 0.3 is 5.97 Å². The second-order valence-electron chi connectivity index (χ2n) is 8.69. The first-order valence-corrected chi connectivity index (χ1v) is 11.9. The molecule has 12 heteroatoms. The van der Waals surface area contributed by atoms with Crippen molar-refractivity contribution in [3.05, 3.63) is 36.0 Å². The van der Waals surface area contributed by atoms with Crippen molar-refractivity contribution in [2.45, 2.75) is 50.9 Å². The summed E-state index contributed by atoms with van der Waals surface area (Å²) in [7, 11) is 0. The number of carboxylic acids is 1. The summed E-state index contributed by atoms with van der Waals surface area (Å²) in [5.74, 6) is -3.41. The van der Waals surface area contributed by atoms with Gasteiger partial charge in [-0.25, -0.2) is 4.79 Å². The fraction of sp³-hybridized carbons (Fsp3) is 0.478. The smallest absolute Gasteiger partial charge is 0.327 e. The highest BCUT2D eigenvalue weighted by Crippen LogP contribution is 2.19. The lowest BCUT2D eigenvalue weighted by Gasteiger charge is -2.25. The normalized spacial score (nSPS) is 14.7. The molecule has 4 atom stereocenters. The van der Waals surface area contributed by atoms with Gasteiger partial charge in [0.1, 0.15) is 24.2 Å². The number of carboxylic acid groups (broad SMARTS) is 1. The molecule has 1 aromatic carbocycles. The molecule has 0 aliphatic heterocycles. The Morgan fingerprint density at radius 1 is 1.00 bits per heavy atom. The number of aromatic nitrogens is 1. The monoisotopic (exact) mass is 507 g/mol. The highest BCUT2D eigenvalue weighted by molar-refractivity contribution is 7.80. The maximum absolute atomic E-state index is 13.3. The number of thiol groups is 1. The average molecular weight is 508 g/mol. The summed E-state index contributed by atoms with van der Waals surface area (Å²) >= 11 is 3.95. The number of hydrogen-bond donors (Lipinski definition) is 8. The molecule has 192 valence electrons. The van der Waals surface area contributed by atoms with Crippen LogP contribution in [0.2, 0.25) is 0 Å². The molecule has 0 aliphatic rings. The number of aromatic amines is 1. The Bertz CT molecular complexity index is 1040. The number of para-hydroxylation sites is 1. The minimum atomic E-state index is -1.24. The number of benzene rings is 1. The number of carbonyl (C=O) groups is 4. The van der Waals surface area contributed by atoms with Gasteiger partial charge < -0.3 is 36.9 Å². The second kappa shape index (κ2) is 13.1. The van der Waals surface area contributed by atoms with Crippen LogP contribution in [0.25, 0.3) is 10.9 Å². The molecule has 0 saturated heterocycles. The fourth-order valence-electron chi connectivity index (χ4n) is 3.52. The van der Waals surface area contributed by atoms with Gasteiger partial charge in [0.2, 0.25) is 17.7 Å². The first kappa shape index (κ1) is 28.1. The molecular weight excluding hydrogens is 474 g/mol. The highest BCUT2D eigenvalue weighted by atomic mass is 32.1. The summed E-state index contributed by atoms with van der Waals surface area (Å²) < 4.78 is 0. The lowest BCUT2D eigenvalue weighted by atomic mass is 10.0. The van der Waals surface area contributed by atoms with Crippen LogP contribution in [0.3, 0.4) is 0 Å². The van der Waals surface area contributed by atoms with E-state index in [1.807, 2.05) is 38.1 Å². The minimum Gasteiger partial charge on any atom is -0.480 e. The third-order valence-electron chi connectivity index (χ3n) is 5.40. The summed E-state index contributed by atoms with van der Waals surface area (Å²) in [6.45, 7) is 3.10. The van der Waals surface area contributed by atoms with E-state index < -0.39 is 54.5 Å². The Morgan fingerprint density at radius 2 is 1.60 bits per heavy atom. The molecule has 0 bridgehead atoms. The van der Waals surface area contributed by atoms with Gasteiger partial charge in [-0.15, -0.1) is 0 Å². The zero-order chi connectivity index (χ0) is 26.1. The summed E-state index contributed by atoms with van der Waals surface area (Å²) in [5.41, 5.74) is 7.22. The molecule has 1 aromatic heterocycles. The number of aliphatic hydroxyl groups excluding tert-OH is 1. The molecule has 3 amide bonds. The van der Waals surface area contributed by atoms with Crippen molar-refractivity contribution in [2.75, 3.05) is 12.4 Å². The number of nitrogens with two attached hydrogens (primary N) is 1. The van der Waals surface area contributed by atoms with Gasteiger partial charge in [0.05, 0.1) is 6.61 Å². The topological polar surface area (TPSA) is 187 Å². The van der Waals surface area contributed by atoms with Gasteiger partial charge in [0, 0.05) is 29.3 Å². The van der Waals surface area contributed by atoms with Crippen molar-refractivity contribution in [3.63, 3.8) is 0 Å². The van der Waals surface area contributed by atoms with Gasteiger partial charge in [-0.05, 0) is 24.0 Å². The Hall–Kier alpha value is -3.09. The zero-order valence-electron chi connectivity index (χ0n) is 19.7. The number of rotatable bonds is 13. The molecule has 0 aliphatic carbocycles. The number of H-pyrrole nitrogens is 1. The summed E-state index contributed by atoms with van der Waals surface area (Å²) in [5, 5.41) is 26.9. The van der Waals surface area contributed by atoms with Crippen LogP contribution in [-0.2, 0) is 25.6 Å². The third-order valence-corrected chi connectivity index (χ3v) is 5.77. The van der Waals surface area contributed by atoms with Crippen molar-refractivity contribution in [1.29, 1.82) is 0 Å². The first-order chi connectivity index (χ1) is 16.6. The number of hydrogen-bond acceptors (Lipinski definition) is 7. The predicted molar refractivity (Wildman–Crippen MR) is 134 cm³/mol. The van der Waals surface area contributed by atoms with Crippen LogP contribution in [-0.4, -0.2) is 75.4 Å². The lowest BCUT2D eigenvalue weighted by molar-refractivity contribution is -0.141. The van der Waals surface area contributed by atoms with Crippen LogP contribution in [0, 0.1) is 5.92 Å². The molecule has 8 N–H and O–H groups in total. The van der Waals surface area contributed by atoms with Gasteiger partial charge in [-0.3, -0.25) is 14.4 Å². The molecule has 0 spiro atoms. The number of aliphatic hydroxyl groups is 1. The van der Waals surface area contributed by atoms with E-state index in [0.717, 1.165) is 16.5 Å². The number of amides is 3. The number of fused-ring (bicyclic) bond motifs is 1. The number of aliphatic carboxylic acids is 1. The van der Waals surface area contributed by atoms with Crippen LogP contribution in [0.1, 0.15) is 25.8 Å². The van der Waals surface area contributed by atoms with Crippen LogP contribution in [0.15, 0.2) is 30.5 Å². The minimum absolute atomic E-state index is 0.00482.